The predicted molar refractivity (Wildman–Crippen MR) is 134 cm³/mol. The molecule has 0 saturated carbocycles. The van der Waals surface area contributed by atoms with Gasteiger partial charge in [-0.25, -0.2) is 4.79 Å². The van der Waals surface area contributed by atoms with Crippen molar-refractivity contribution in [2.24, 2.45) is 11.7 Å². The second-order valence-electron chi connectivity index (χ2n) is 8.64. The molecule has 4 unspecified atom stereocenters. The molecular weight excluding hydrogens is 490 g/mol. The van der Waals surface area contributed by atoms with Crippen molar-refractivity contribution in [2.75, 3.05) is 5.75 Å². The molecule has 0 aliphatic rings. The zero-order valence-corrected chi connectivity index (χ0v) is 20.7. The molecule has 1 aromatic heterocycles. The summed E-state index contributed by atoms with van der Waals surface area (Å²) in [7, 11) is 0. The highest BCUT2D eigenvalue weighted by Gasteiger charge is 2.32. The zero-order chi connectivity index (χ0) is 27.0. The molecule has 0 aliphatic heterocycles. The normalized spacial score (nSPS) is 14.5. The number of amides is 3. The fourth-order valence-electron chi connectivity index (χ4n) is 3.53. The number of para-hydroxylation sites is 1. The van der Waals surface area contributed by atoms with E-state index in [-0.39, 0.29) is 12.2 Å². The van der Waals surface area contributed by atoms with E-state index >= 15 is 0 Å². The number of benzene rings is 1. The fourth-order valence-corrected chi connectivity index (χ4v) is 3.77. The number of aliphatic carboxylic acids is 2. The van der Waals surface area contributed by atoms with E-state index in [0.717, 1.165) is 10.9 Å². The zero-order valence-electron chi connectivity index (χ0n) is 19.9. The summed E-state index contributed by atoms with van der Waals surface area (Å²) in [4.78, 5) is 63.9. The molecule has 0 bridgehead atoms. The molecule has 1 heterocycles. The summed E-state index contributed by atoms with van der Waals surface area (Å²) in [5, 5.41) is 26.4. The first kappa shape index (κ1) is 28.7. The first-order valence-corrected chi connectivity index (χ1v) is 11.8. The highest BCUT2D eigenvalue weighted by molar-refractivity contribution is 7.80. The fraction of sp³-hybridized carbons (Fsp3) is 0.435. The minimum Gasteiger partial charge on any atom is -0.481 e. The predicted octanol–water partition coefficient (Wildman–Crippen LogP) is -0.363. The lowest BCUT2D eigenvalue weighted by Gasteiger charge is -2.26. The third-order valence-corrected chi connectivity index (χ3v) is 5.87. The van der Waals surface area contributed by atoms with E-state index in [1.54, 1.807) is 20.0 Å². The second-order valence-corrected chi connectivity index (χ2v) is 9.01. The third kappa shape index (κ3) is 7.71. The molecule has 0 saturated heterocycles. The Labute approximate surface area is 212 Å². The number of fused-ring (bicyclic) bond motifs is 1. The second kappa shape index (κ2) is 12.9. The molecule has 0 radical (unpaired) electrons. The minimum atomic E-state index is -1.39. The molecule has 196 valence electrons. The van der Waals surface area contributed by atoms with E-state index in [0.29, 0.717) is 5.56 Å². The van der Waals surface area contributed by atoms with E-state index < -0.39 is 66.2 Å². The average molecular weight is 522 g/mol. The van der Waals surface area contributed by atoms with Crippen LogP contribution in [0.5, 0.6) is 0 Å². The first-order valence-electron chi connectivity index (χ1n) is 11.2. The quantitative estimate of drug-likeness (QED) is 0.163. The Bertz CT molecular complexity index is 1120. The van der Waals surface area contributed by atoms with Gasteiger partial charge in [0.25, 0.3) is 0 Å². The number of hydrogen-bond acceptors (Lipinski definition) is 7. The van der Waals surface area contributed by atoms with Crippen LogP contribution in [0.4, 0.5) is 0 Å². The number of carbonyl (C=O) groups is 5. The van der Waals surface area contributed by atoms with Crippen molar-refractivity contribution in [3.63, 3.8) is 0 Å². The van der Waals surface area contributed by atoms with E-state index in [1.807, 2.05) is 24.3 Å². The van der Waals surface area contributed by atoms with Crippen LogP contribution in [-0.4, -0.2) is 74.8 Å². The topological polar surface area (TPSA) is 204 Å². The Kier molecular flexibility index (Phi) is 10.3. The summed E-state index contributed by atoms with van der Waals surface area (Å²) in [6.07, 6.45) is 1.07. The smallest absolute Gasteiger partial charge is 0.327 e. The van der Waals surface area contributed by atoms with Crippen LogP contribution in [0, 0.1) is 5.92 Å². The third-order valence-electron chi connectivity index (χ3n) is 5.51. The SMILES string of the molecule is CC(C)C(NC(=O)C(Cc1c[nH]c2ccccc12)NC(=O)C(N)CC(=O)O)C(=O)NC(CS)C(=O)O. The first-order chi connectivity index (χ1) is 16.9. The summed E-state index contributed by atoms with van der Waals surface area (Å²) in [6, 6.07) is 2.36. The van der Waals surface area contributed by atoms with Gasteiger partial charge in [-0.2, -0.15) is 12.6 Å². The minimum absolute atomic E-state index is 0.0161. The van der Waals surface area contributed by atoms with Gasteiger partial charge in [-0.1, -0.05) is 32.0 Å². The Hall–Kier alpha value is -3.58. The molecule has 4 atom stereocenters. The number of nitrogens with one attached hydrogen (secondary N) is 4. The summed E-state index contributed by atoms with van der Waals surface area (Å²) < 4.78 is 0. The molecule has 0 aliphatic carbocycles. The van der Waals surface area contributed by atoms with Crippen LogP contribution in [0.15, 0.2) is 30.5 Å². The van der Waals surface area contributed by atoms with Crippen molar-refractivity contribution in [1.29, 1.82) is 0 Å². The van der Waals surface area contributed by atoms with Gasteiger partial charge in [-0.15, -0.1) is 0 Å². The number of H-pyrrole nitrogens is 1. The van der Waals surface area contributed by atoms with E-state index in [2.05, 4.69) is 33.6 Å². The summed E-state index contributed by atoms with van der Waals surface area (Å²) in [5.41, 5.74) is 7.18. The number of aromatic nitrogens is 1. The van der Waals surface area contributed by atoms with Crippen LogP contribution in [0.25, 0.3) is 10.9 Å². The molecule has 13 heteroatoms. The molecule has 3 amide bonds. The standard InChI is InChI=1S/C23H31N5O7S/c1-11(2)19(22(33)27-17(10-36)23(34)35)28-21(32)16(26-20(31)14(24)8-18(29)30)7-12-9-25-15-6-4-3-5-13(12)15/h3-6,9,11,14,16-17,19,25,36H,7-8,10,24H2,1-2H3,(H,26,31)(H,27,33)(H,28,32)(H,29,30)(H,34,35). The summed E-state index contributed by atoms with van der Waals surface area (Å²) in [5.74, 6) is -5.41. The van der Waals surface area contributed by atoms with Crippen LogP contribution in [0.3, 0.4) is 0 Å². The van der Waals surface area contributed by atoms with Crippen LogP contribution in [-0.2, 0) is 30.4 Å². The number of nitrogens with two attached hydrogens (primary N) is 1. The Morgan fingerprint density at radius 1 is 0.972 bits per heavy atom. The molecule has 2 aromatic rings. The maximum Gasteiger partial charge on any atom is 0.327 e. The lowest BCUT2D eigenvalue weighted by Crippen LogP contribution is -2.59. The molecule has 0 spiro atoms. The van der Waals surface area contributed by atoms with Gasteiger partial charge in [0.15, 0.2) is 0 Å². The molecule has 12 nitrogen and oxygen atoms in total. The molecule has 0 fully saturated rings. The van der Waals surface area contributed by atoms with Gasteiger partial charge in [0.1, 0.15) is 18.1 Å². The van der Waals surface area contributed by atoms with Crippen molar-refractivity contribution in [3.05, 3.63) is 36.0 Å². The Morgan fingerprint density at radius 2 is 1.61 bits per heavy atom. The highest BCUT2D eigenvalue weighted by Crippen LogP contribution is 2.19. The number of aromatic amines is 1. The van der Waals surface area contributed by atoms with Gasteiger partial charge in [0, 0.05) is 29.3 Å². The number of carbonyl (C=O) groups excluding carboxylic acids is 3. The van der Waals surface area contributed by atoms with Gasteiger partial charge >= 0.3 is 11.9 Å². The maximum absolute atomic E-state index is 13.3. The maximum atomic E-state index is 13.3. The number of carboxylic acid groups (broad SMARTS) is 2. The average Bonchev–Trinajstić information content (AvgIpc) is 3.22. The van der Waals surface area contributed by atoms with Crippen LogP contribution in [0.2, 0.25) is 0 Å². The monoisotopic (exact) mass is 521 g/mol. The number of carboxylic acids is 2. The highest BCUT2D eigenvalue weighted by atomic mass is 32.1. The molecule has 2 rings (SSSR count). The van der Waals surface area contributed by atoms with Crippen molar-refractivity contribution < 1.29 is 34.2 Å². The van der Waals surface area contributed by atoms with Crippen LogP contribution in [0.1, 0.15) is 25.8 Å². The van der Waals surface area contributed by atoms with E-state index in [9.17, 15) is 29.1 Å². The van der Waals surface area contributed by atoms with Crippen molar-refractivity contribution in [2.45, 2.75) is 50.9 Å². The molecule has 8 N–H and O–H groups in total. The van der Waals surface area contributed by atoms with Crippen LogP contribution < -0.4 is 21.7 Å². The van der Waals surface area contributed by atoms with Crippen LogP contribution >= 0.6 is 12.6 Å². The van der Waals surface area contributed by atoms with Crippen molar-refractivity contribution in [1.82, 2.24) is 20.9 Å². The summed E-state index contributed by atoms with van der Waals surface area (Å²) >= 11 is 3.92. The van der Waals surface area contributed by atoms with Gasteiger partial charge in [0.2, 0.25) is 17.7 Å². The Balaban J connectivity index is 2.28. The number of hydrogen-bond donors (Lipinski definition) is 8. The molecular formula is C23H31N5O7S. The van der Waals surface area contributed by atoms with Crippen molar-refractivity contribution >= 4 is 53.2 Å². The van der Waals surface area contributed by atoms with Gasteiger partial charge in [-0.3, -0.25) is 19.2 Å². The number of rotatable bonds is 13. The van der Waals surface area contributed by atoms with Gasteiger partial charge < -0.3 is 36.9 Å². The van der Waals surface area contributed by atoms with E-state index in [1.165, 1.54) is 0 Å². The lowest BCUT2D eigenvalue weighted by atomic mass is 10.00. The lowest BCUT2D eigenvalue weighted by molar-refractivity contribution is -0.142. The van der Waals surface area contributed by atoms with E-state index in [4.69, 9.17) is 10.8 Å². The largest absolute Gasteiger partial charge is 0.481 e. The van der Waals surface area contributed by atoms with Gasteiger partial charge in [-0.05, 0) is 17.5 Å². The number of thiol groups is 1. The molecule has 1 aromatic carbocycles. The molecule has 36 heavy (non-hydrogen) atoms. The Morgan fingerprint density at radius 3 is 2.19 bits per heavy atom. The van der Waals surface area contributed by atoms with Gasteiger partial charge in [0.05, 0.1) is 12.5 Å². The summed E-state index contributed by atoms with van der Waals surface area (Å²) in [6.45, 7) is 3.33. The van der Waals surface area contributed by atoms with Crippen molar-refractivity contribution in [3.8, 4) is 0 Å².